The summed E-state index contributed by atoms with van der Waals surface area (Å²) in [6.45, 7) is 7.04. The highest BCUT2D eigenvalue weighted by Crippen LogP contribution is 2.29. The number of aromatic hydroxyl groups is 1. The van der Waals surface area contributed by atoms with E-state index >= 15 is 0 Å². The van der Waals surface area contributed by atoms with E-state index in [4.69, 9.17) is 9.15 Å². The number of benzene rings is 1. The van der Waals surface area contributed by atoms with Gasteiger partial charge < -0.3 is 14.3 Å². The third-order valence-corrected chi connectivity index (χ3v) is 6.05. The average molecular weight is 467 g/mol. The van der Waals surface area contributed by atoms with Crippen LogP contribution in [0, 0.1) is 0 Å². The van der Waals surface area contributed by atoms with Gasteiger partial charge in [0.25, 0.3) is 0 Å². The molecule has 33 heavy (non-hydrogen) atoms. The molecule has 3 heterocycles. The summed E-state index contributed by atoms with van der Waals surface area (Å²) < 4.78 is 49.4. The molecule has 2 saturated heterocycles. The molecule has 0 aliphatic carbocycles. The Morgan fingerprint density at radius 1 is 0.848 bits per heavy atom. The van der Waals surface area contributed by atoms with Gasteiger partial charge in [-0.2, -0.15) is 13.2 Å². The number of halogens is 3. The summed E-state index contributed by atoms with van der Waals surface area (Å²) in [5, 5.41) is 10.2. The van der Waals surface area contributed by atoms with E-state index < -0.39 is 17.2 Å². The second-order valence-corrected chi connectivity index (χ2v) is 8.48. The molecule has 7 nitrogen and oxygen atoms in total. The van der Waals surface area contributed by atoms with Crippen LogP contribution in [0.3, 0.4) is 0 Å². The third kappa shape index (κ3) is 6.35. The van der Waals surface area contributed by atoms with Crippen molar-refractivity contribution in [1.29, 1.82) is 0 Å². The Labute approximate surface area is 190 Å². The van der Waals surface area contributed by atoms with E-state index in [2.05, 4.69) is 14.7 Å². The number of ether oxygens (including phenoxy) is 1. The molecule has 1 aromatic carbocycles. The maximum atomic E-state index is 12.7. The highest BCUT2D eigenvalue weighted by molar-refractivity contribution is 5.26. The van der Waals surface area contributed by atoms with Crippen molar-refractivity contribution in [3.05, 3.63) is 63.2 Å². The summed E-state index contributed by atoms with van der Waals surface area (Å²) in [6.07, 6.45) is -4.33. The molecule has 0 bridgehead atoms. The maximum absolute atomic E-state index is 12.7. The van der Waals surface area contributed by atoms with Crippen LogP contribution in [0.4, 0.5) is 13.2 Å². The Morgan fingerprint density at radius 3 is 2.03 bits per heavy atom. The van der Waals surface area contributed by atoms with Crippen LogP contribution in [0.5, 0.6) is 5.75 Å². The highest BCUT2D eigenvalue weighted by Gasteiger charge is 2.30. The van der Waals surface area contributed by atoms with Gasteiger partial charge in [-0.15, -0.1) is 0 Å². The lowest BCUT2D eigenvalue weighted by molar-refractivity contribution is -0.137. The minimum Gasteiger partial charge on any atom is -0.502 e. The summed E-state index contributed by atoms with van der Waals surface area (Å²) in [4.78, 5) is 18.6. The van der Waals surface area contributed by atoms with Gasteiger partial charge in [-0.25, -0.2) is 0 Å². The van der Waals surface area contributed by atoms with Gasteiger partial charge in [-0.05, 0) is 17.7 Å². The Balaban J connectivity index is 1.31. The summed E-state index contributed by atoms with van der Waals surface area (Å²) in [7, 11) is 0. The first kappa shape index (κ1) is 23.7. The molecule has 0 spiro atoms. The predicted octanol–water partition coefficient (Wildman–Crippen LogP) is 2.51. The quantitative estimate of drug-likeness (QED) is 0.700. The number of alkyl halides is 3. The molecule has 10 heteroatoms. The van der Waals surface area contributed by atoms with Crippen LogP contribution in [-0.2, 0) is 30.5 Å². The number of hydrogen-bond donors (Lipinski definition) is 1. The predicted molar refractivity (Wildman–Crippen MR) is 115 cm³/mol. The number of rotatable bonds is 6. The smallest absolute Gasteiger partial charge is 0.416 e. The van der Waals surface area contributed by atoms with Crippen molar-refractivity contribution in [3.8, 4) is 5.75 Å². The zero-order valence-electron chi connectivity index (χ0n) is 18.3. The molecule has 0 atom stereocenters. The van der Waals surface area contributed by atoms with E-state index in [9.17, 15) is 23.1 Å². The summed E-state index contributed by atoms with van der Waals surface area (Å²) in [5.74, 6) is 0.436. The monoisotopic (exact) mass is 467 g/mol. The summed E-state index contributed by atoms with van der Waals surface area (Å²) in [6, 6.07) is 6.60. The minimum absolute atomic E-state index is 0.266. The summed E-state index contributed by atoms with van der Waals surface area (Å²) >= 11 is 0. The molecular weight excluding hydrogens is 439 g/mol. The zero-order valence-corrected chi connectivity index (χ0v) is 18.3. The fourth-order valence-corrected chi connectivity index (χ4v) is 4.12. The minimum atomic E-state index is -4.33. The van der Waals surface area contributed by atoms with Crippen LogP contribution in [0.15, 0.2) is 39.5 Å². The lowest BCUT2D eigenvalue weighted by Gasteiger charge is -2.34. The number of nitrogens with zero attached hydrogens (tertiary/aromatic N) is 3. The van der Waals surface area contributed by atoms with E-state index in [0.29, 0.717) is 51.7 Å². The van der Waals surface area contributed by atoms with Crippen molar-refractivity contribution in [2.24, 2.45) is 0 Å². The van der Waals surface area contributed by atoms with Gasteiger partial charge in [0.05, 0.1) is 31.9 Å². The molecule has 2 aromatic rings. The van der Waals surface area contributed by atoms with Crippen molar-refractivity contribution in [1.82, 2.24) is 14.7 Å². The van der Waals surface area contributed by atoms with Crippen LogP contribution >= 0.6 is 0 Å². The highest BCUT2D eigenvalue weighted by atomic mass is 19.4. The zero-order chi connectivity index (χ0) is 23.4. The van der Waals surface area contributed by atoms with Crippen molar-refractivity contribution in [2.45, 2.75) is 25.8 Å². The van der Waals surface area contributed by atoms with Gasteiger partial charge in [-0.3, -0.25) is 19.5 Å². The van der Waals surface area contributed by atoms with Crippen LogP contribution < -0.4 is 5.43 Å². The number of hydrogen-bond acceptors (Lipinski definition) is 7. The number of piperazine rings is 1. The first-order valence-electron chi connectivity index (χ1n) is 11.0. The Kier molecular flexibility index (Phi) is 7.38. The SMILES string of the molecule is O=c1cc(CN2CCOCC2)oc(CN2CCN(Cc3ccc(C(F)(F)F)cc3)CC2)c1O. The second kappa shape index (κ2) is 10.3. The second-order valence-electron chi connectivity index (χ2n) is 8.48. The van der Waals surface area contributed by atoms with E-state index in [1.165, 1.54) is 18.2 Å². The number of morpholine rings is 1. The van der Waals surface area contributed by atoms with Gasteiger partial charge in [0.2, 0.25) is 11.2 Å². The van der Waals surface area contributed by atoms with Gasteiger partial charge in [0, 0.05) is 51.9 Å². The van der Waals surface area contributed by atoms with E-state index in [0.717, 1.165) is 43.9 Å². The lowest BCUT2D eigenvalue weighted by atomic mass is 10.1. The van der Waals surface area contributed by atoms with Crippen molar-refractivity contribution in [3.63, 3.8) is 0 Å². The molecule has 2 aliphatic heterocycles. The lowest BCUT2D eigenvalue weighted by Crippen LogP contribution is -2.45. The van der Waals surface area contributed by atoms with Gasteiger partial charge in [-0.1, -0.05) is 12.1 Å². The van der Waals surface area contributed by atoms with Crippen molar-refractivity contribution >= 4 is 0 Å². The largest absolute Gasteiger partial charge is 0.502 e. The van der Waals surface area contributed by atoms with Crippen LogP contribution in [0.1, 0.15) is 22.6 Å². The molecular formula is C23H28F3N3O4. The molecule has 0 unspecified atom stereocenters. The molecule has 4 rings (SSSR count). The van der Waals surface area contributed by atoms with Gasteiger partial charge >= 0.3 is 6.18 Å². The molecule has 0 radical (unpaired) electrons. The van der Waals surface area contributed by atoms with Gasteiger partial charge in [0.1, 0.15) is 5.76 Å². The molecule has 1 N–H and O–H groups in total. The maximum Gasteiger partial charge on any atom is 0.416 e. The van der Waals surface area contributed by atoms with Gasteiger partial charge in [0.15, 0.2) is 5.76 Å². The molecule has 0 amide bonds. The molecule has 1 aromatic heterocycles. The van der Waals surface area contributed by atoms with E-state index in [1.54, 1.807) is 0 Å². The summed E-state index contributed by atoms with van der Waals surface area (Å²) in [5.41, 5.74) is -0.260. The van der Waals surface area contributed by atoms with Crippen molar-refractivity contribution < 1.29 is 27.4 Å². The first-order valence-corrected chi connectivity index (χ1v) is 11.0. The Morgan fingerprint density at radius 2 is 1.42 bits per heavy atom. The Hall–Kier alpha value is -2.40. The molecule has 0 saturated carbocycles. The first-order chi connectivity index (χ1) is 15.8. The van der Waals surface area contributed by atoms with Crippen LogP contribution in [0.2, 0.25) is 0 Å². The molecule has 180 valence electrons. The van der Waals surface area contributed by atoms with Crippen LogP contribution in [0.25, 0.3) is 0 Å². The molecule has 2 fully saturated rings. The third-order valence-electron chi connectivity index (χ3n) is 6.05. The fraction of sp³-hybridized carbons (Fsp3) is 0.522. The Bertz CT molecular complexity index is 980. The van der Waals surface area contributed by atoms with Crippen molar-refractivity contribution in [2.75, 3.05) is 52.5 Å². The fourth-order valence-electron chi connectivity index (χ4n) is 4.12. The topological polar surface area (TPSA) is 69.4 Å². The van der Waals surface area contributed by atoms with E-state index in [1.807, 2.05) is 0 Å². The standard InChI is InChI=1S/C23H28F3N3O4/c24-23(25,26)18-3-1-17(2-4-18)14-27-5-7-28(8-6-27)16-21-22(31)20(30)13-19(33-21)15-29-9-11-32-12-10-29/h1-4,13,31H,5-12,14-16H2. The molecule has 2 aliphatic rings. The average Bonchev–Trinajstić information content (AvgIpc) is 2.79. The normalized spacial score (nSPS) is 19.1. The van der Waals surface area contributed by atoms with Crippen LogP contribution in [-0.4, -0.2) is 72.3 Å². The van der Waals surface area contributed by atoms with E-state index in [-0.39, 0.29) is 11.5 Å².